The van der Waals surface area contributed by atoms with Gasteiger partial charge in [0.2, 0.25) is 5.88 Å². The lowest BCUT2D eigenvalue weighted by Crippen LogP contribution is -2.30. The van der Waals surface area contributed by atoms with Crippen LogP contribution in [0.4, 0.5) is 0 Å². The lowest BCUT2D eigenvalue weighted by atomic mass is 10.3. The van der Waals surface area contributed by atoms with Gasteiger partial charge in [0.25, 0.3) is 5.91 Å². The van der Waals surface area contributed by atoms with E-state index in [0.29, 0.717) is 19.0 Å². The minimum Gasteiger partial charge on any atom is -0.471 e. The highest BCUT2D eigenvalue weighted by molar-refractivity contribution is 7.13. The number of aryl methyl sites for hydroxylation is 2. The van der Waals surface area contributed by atoms with Crippen molar-refractivity contribution in [2.45, 2.75) is 26.4 Å². The molecule has 2 aromatic heterocycles. The van der Waals surface area contributed by atoms with Crippen LogP contribution in [0.3, 0.4) is 0 Å². The first-order valence-electron chi connectivity index (χ1n) is 6.79. The summed E-state index contributed by atoms with van der Waals surface area (Å²) in [5.41, 5.74) is 0.806. The molecule has 0 aromatic carbocycles. The van der Waals surface area contributed by atoms with Crippen LogP contribution in [0.1, 0.15) is 26.8 Å². The van der Waals surface area contributed by atoms with Crippen molar-refractivity contribution in [2.75, 3.05) is 13.1 Å². The molecule has 1 saturated heterocycles. The van der Waals surface area contributed by atoms with E-state index in [2.05, 4.69) is 15.0 Å². The molecule has 21 heavy (non-hydrogen) atoms. The summed E-state index contributed by atoms with van der Waals surface area (Å²) in [6.45, 7) is 5.06. The molecule has 0 radical (unpaired) electrons. The Morgan fingerprint density at radius 3 is 2.95 bits per heavy atom. The number of carbonyl (C=O) groups is 1. The fourth-order valence-corrected chi connectivity index (χ4v) is 3.29. The van der Waals surface area contributed by atoms with Gasteiger partial charge in [-0.15, -0.1) is 11.3 Å². The summed E-state index contributed by atoms with van der Waals surface area (Å²) in [5.74, 6) is 0.546. The van der Waals surface area contributed by atoms with Gasteiger partial charge in [0.1, 0.15) is 11.0 Å². The molecular weight excluding hydrogens is 288 g/mol. The number of hydrogen-bond acceptors (Lipinski definition) is 6. The van der Waals surface area contributed by atoms with Crippen LogP contribution >= 0.6 is 11.3 Å². The molecule has 2 aromatic rings. The monoisotopic (exact) mass is 304 g/mol. The van der Waals surface area contributed by atoms with Gasteiger partial charge in [-0.2, -0.15) is 0 Å². The second kappa shape index (κ2) is 5.77. The maximum Gasteiger partial charge on any atom is 0.265 e. The topological polar surface area (TPSA) is 68.2 Å². The summed E-state index contributed by atoms with van der Waals surface area (Å²) in [7, 11) is 0. The minimum atomic E-state index is -0.0278. The van der Waals surface area contributed by atoms with E-state index in [-0.39, 0.29) is 12.0 Å². The van der Waals surface area contributed by atoms with E-state index in [1.807, 2.05) is 18.7 Å². The molecular formula is C14H16N4O2S. The zero-order valence-corrected chi connectivity index (χ0v) is 12.8. The number of thiazole rings is 1. The fraction of sp³-hybridized carbons (Fsp3) is 0.429. The first-order chi connectivity index (χ1) is 10.1. The van der Waals surface area contributed by atoms with Gasteiger partial charge in [0, 0.05) is 25.4 Å². The van der Waals surface area contributed by atoms with Gasteiger partial charge in [-0.25, -0.2) is 9.97 Å². The van der Waals surface area contributed by atoms with Crippen molar-refractivity contribution in [1.29, 1.82) is 0 Å². The van der Waals surface area contributed by atoms with Crippen LogP contribution < -0.4 is 4.74 Å². The fourth-order valence-electron chi connectivity index (χ4n) is 2.40. The minimum absolute atomic E-state index is 0.0278. The zero-order chi connectivity index (χ0) is 14.8. The third kappa shape index (κ3) is 3.02. The summed E-state index contributed by atoms with van der Waals surface area (Å²) in [6.07, 6.45) is 5.56. The molecule has 1 unspecified atom stereocenters. The third-order valence-corrected chi connectivity index (χ3v) is 4.42. The van der Waals surface area contributed by atoms with E-state index in [9.17, 15) is 4.79 Å². The SMILES string of the molecule is Cc1nc(C)c(C(=O)N2CCC(Oc3cnccn3)C2)s1. The van der Waals surface area contributed by atoms with Crippen LogP contribution in [0.2, 0.25) is 0 Å². The average Bonchev–Trinajstić information content (AvgIpc) is 3.06. The van der Waals surface area contributed by atoms with Crippen molar-refractivity contribution < 1.29 is 9.53 Å². The average molecular weight is 304 g/mol. The number of amides is 1. The van der Waals surface area contributed by atoms with Gasteiger partial charge >= 0.3 is 0 Å². The maximum atomic E-state index is 12.5. The molecule has 110 valence electrons. The molecule has 1 amide bonds. The lowest BCUT2D eigenvalue weighted by Gasteiger charge is -2.16. The summed E-state index contributed by atoms with van der Waals surface area (Å²) >= 11 is 1.45. The van der Waals surface area contributed by atoms with Crippen LogP contribution in [0.5, 0.6) is 5.88 Å². The Balaban J connectivity index is 1.64. The molecule has 0 saturated carbocycles. The Labute approximate surface area is 126 Å². The Hall–Kier alpha value is -2.02. The Kier molecular flexibility index (Phi) is 3.83. The van der Waals surface area contributed by atoms with Crippen LogP contribution in [-0.4, -0.2) is 45.0 Å². The molecule has 1 fully saturated rings. The number of likely N-dealkylation sites (tertiary alicyclic amines) is 1. The third-order valence-electron chi connectivity index (χ3n) is 3.36. The number of nitrogens with zero attached hydrogens (tertiary/aromatic N) is 4. The predicted octanol–water partition coefficient (Wildman–Crippen LogP) is 1.84. The van der Waals surface area contributed by atoms with Crippen molar-refractivity contribution in [3.05, 3.63) is 34.2 Å². The van der Waals surface area contributed by atoms with Crippen molar-refractivity contribution in [3.63, 3.8) is 0 Å². The van der Waals surface area contributed by atoms with E-state index >= 15 is 0 Å². The second-order valence-corrected chi connectivity index (χ2v) is 6.17. The zero-order valence-electron chi connectivity index (χ0n) is 11.9. The first kappa shape index (κ1) is 13.9. The quantitative estimate of drug-likeness (QED) is 0.865. The molecule has 0 spiro atoms. The Morgan fingerprint density at radius 1 is 1.43 bits per heavy atom. The molecule has 1 aliphatic heterocycles. The summed E-state index contributed by atoms with van der Waals surface area (Å²) < 4.78 is 5.75. The van der Waals surface area contributed by atoms with Gasteiger partial charge in [0.15, 0.2) is 0 Å². The molecule has 6 nitrogen and oxygen atoms in total. The summed E-state index contributed by atoms with van der Waals surface area (Å²) in [4.78, 5) is 27.4. The van der Waals surface area contributed by atoms with E-state index < -0.39 is 0 Å². The van der Waals surface area contributed by atoms with E-state index in [4.69, 9.17) is 4.74 Å². The van der Waals surface area contributed by atoms with Crippen LogP contribution in [-0.2, 0) is 0 Å². The van der Waals surface area contributed by atoms with Gasteiger partial charge in [-0.1, -0.05) is 0 Å². The van der Waals surface area contributed by atoms with Gasteiger partial charge in [-0.3, -0.25) is 9.78 Å². The highest BCUT2D eigenvalue weighted by Gasteiger charge is 2.30. The van der Waals surface area contributed by atoms with Crippen molar-refractivity contribution in [1.82, 2.24) is 19.9 Å². The molecule has 0 bridgehead atoms. The highest BCUT2D eigenvalue weighted by Crippen LogP contribution is 2.23. The van der Waals surface area contributed by atoms with Crippen molar-refractivity contribution in [3.8, 4) is 5.88 Å². The summed E-state index contributed by atoms with van der Waals surface area (Å²) in [6, 6.07) is 0. The van der Waals surface area contributed by atoms with Gasteiger partial charge in [-0.05, 0) is 13.8 Å². The highest BCUT2D eigenvalue weighted by atomic mass is 32.1. The molecule has 0 aliphatic carbocycles. The molecule has 3 rings (SSSR count). The predicted molar refractivity (Wildman–Crippen MR) is 78.6 cm³/mol. The van der Waals surface area contributed by atoms with E-state index in [1.165, 1.54) is 11.3 Å². The number of carbonyl (C=O) groups excluding carboxylic acids is 1. The molecule has 7 heteroatoms. The van der Waals surface area contributed by atoms with Gasteiger partial charge in [0.05, 0.1) is 23.4 Å². The maximum absolute atomic E-state index is 12.5. The molecule has 0 N–H and O–H groups in total. The normalized spacial score (nSPS) is 18.0. The molecule has 1 aliphatic rings. The largest absolute Gasteiger partial charge is 0.471 e. The number of ether oxygens (including phenoxy) is 1. The smallest absolute Gasteiger partial charge is 0.265 e. The van der Waals surface area contributed by atoms with Crippen LogP contribution in [0.15, 0.2) is 18.6 Å². The number of rotatable bonds is 3. The standard InChI is InChI=1S/C14H16N4O2S/c1-9-13(21-10(2)17-9)14(19)18-6-3-11(8-18)20-12-7-15-4-5-16-12/h4-5,7,11H,3,6,8H2,1-2H3. The first-order valence-corrected chi connectivity index (χ1v) is 7.61. The van der Waals surface area contributed by atoms with Crippen molar-refractivity contribution in [2.24, 2.45) is 0 Å². The Bertz CT molecular complexity index is 644. The van der Waals surface area contributed by atoms with Crippen LogP contribution in [0.25, 0.3) is 0 Å². The van der Waals surface area contributed by atoms with Gasteiger partial charge < -0.3 is 9.64 Å². The lowest BCUT2D eigenvalue weighted by molar-refractivity contribution is 0.0775. The second-order valence-electron chi connectivity index (χ2n) is 4.97. The summed E-state index contributed by atoms with van der Waals surface area (Å²) in [5, 5.41) is 0.919. The molecule has 1 atom stereocenters. The van der Waals surface area contributed by atoms with Crippen LogP contribution in [0, 0.1) is 13.8 Å². The number of aromatic nitrogens is 3. The van der Waals surface area contributed by atoms with Crippen molar-refractivity contribution >= 4 is 17.2 Å². The Morgan fingerprint density at radius 2 is 2.29 bits per heavy atom. The van der Waals surface area contributed by atoms with E-state index in [1.54, 1.807) is 18.6 Å². The van der Waals surface area contributed by atoms with E-state index in [0.717, 1.165) is 22.0 Å². The molecule has 3 heterocycles. The number of hydrogen-bond donors (Lipinski definition) is 0.